The normalized spacial score (nSPS) is 11.9. The van der Waals surface area contributed by atoms with Crippen molar-refractivity contribution >= 4 is 5.91 Å². The highest BCUT2D eigenvalue weighted by molar-refractivity contribution is 5.81. The molecule has 21 heavy (non-hydrogen) atoms. The van der Waals surface area contributed by atoms with E-state index in [-0.39, 0.29) is 5.91 Å². The third-order valence-corrected chi connectivity index (χ3v) is 3.57. The van der Waals surface area contributed by atoms with E-state index in [0.29, 0.717) is 13.0 Å². The molecule has 2 N–H and O–H groups in total. The highest BCUT2D eigenvalue weighted by atomic mass is 16.2. The molecule has 0 heterocycles. The van der Waals surface area contributed by atoms with Crippen molar-refractivity contribution < 1.29 is 4.79 Å². The van der Waals surface area contributed by atoms with Crippen molar-refractivity contribution in [2.45, 2.75) is 18.9 Å². The molecule has 2 aromatic rings. The van der Waals surface area contributed by atoms with Gasteiger partial charge in [0.25, 0.3) is 0 Å². The fourth-order valence-corrected chi connectivity index (χ4v) is 2.29. The van der Waals surface area contributed by atoms with Crippen LogP contribution >= 0.6 is 0 Å². The number of nitrogens with zero attached hydrogens (tertiary/aromatic N) is 1. The van der Waals surface area contributed by atoms with Gasteiger partial charge in [0.1, 0.15) is 0 Å². The van der Waals surface area contributed by atoms with Gasteiger partial charge in [-0.1, -0.05) is 60.7 Å². The zero-order valence-corrected chi connectivity index (χ0v) is 12.4. The lowest BCUT2D eigenvalue weighted by molar-refractivity contribution is -0.131. The molecule has 0 bridgehead atoms. The number of hydrogen-bond acceptors (Lipinski definition) is 2. The quantitative estimate of drug-likeness (QED) is 0.883. The zero-order valence-electron chi connectivity index (χ0n) is 12.4. The standard InChI is InChI=1S/C18H22N2O/c1-20(13-12-15-8-4-2-5-9-15)18(21)17(19)14-16-10-6-3-7-11-16/h2-11,17H,12-14,19H2,1H3/t17-/m0/s1. The van der Waals surface area contributed by atoms with Crippen LogP contribution in [-0.2, 0) is 17.6 Å². The minimum absolute atomic E-state index is 0.00483. The number of likely N-dealkylation sites (N-methyl/N-ethyl adjacent to an activating group) is 1. The molecule has 0 saturated heterocycles. The van der Waals surface area contributed by atoms with Crippen molar-refractivity contribution in [1.82, 2.24) is 4.90 Å². The lowest BCUT2D eigenvalue weighted by Crippen LogP contribution is -2.43. The maximum atomic E-state index is 12.3. The molecule has 0 aliphatic heterocycles. The van der Waals surface area contributed by atoms with Gasteiger partial charge < -0.3 is 10.6 Å². The fraction of sp³-hybridized carbons (Fsp3) is 0.278. The van der Waals surface area contributed by atoms with Crippen LogP contribution in [0.1, 0.15) is 11.1 Å². The Morgan fingerprint density at radius 2 is 1.52 bits per heavy atom. The van der Waals surface area contributed by atoms with Crippen LogP contribution in [0.4, 0.5) is 0 Å². The van der Waals surface area contributed by atoms with Gasteiger partial charge in [0.15, 0.2) is 0 Å². The SMILES string of the molecule is CN(CCc1ccccc1)C(=O)[C@@H](N)Cc1ccccc1. The Labute approximate surface area is 126 Å². The van der Waals surface area contributed by atoms with Crippen LogP contribution in [0.3, 0.4) is 0 Å². The van der Waals surface area contributed by atoms with E-state index in [2.05, 4.69) is 12.1 Å². The van der Waals surface area contributed by atoms with Crippen molar-refractivity contribution in [1.29, 1.82) is 0 Å². The number of amides is 1. The van der Waals surface area contributed by atoms with Crippen LogP contribution in [0.15, 0.2) is 60.7 Å². The first kappa shape index (κ1) is 15.3. The summed E-state index contributed by atoms with van der Waals surface area (Å²) in [6, 6.07) is 19.6. The largest absolute Gasteiger partial charge is 0.344 e. The maximum absolute atomic E-state index is 12.3. The average Bonchev–Trinajstić information content (AvgIpc) is 2.53. The Morgan fingerprint density at radius 3 is 2.10 bits per heavy atom. The van der Waals surface area contributed by atoms with Crippen molar-refractivity contribution in [2.75, 3.05) is 13.6 Å². The Kier molecular flexibility index (Phi) is 5.52. The van der Waals surface area contributed by atoms with Crippen molar-refractivity contribution in [2.24, 2.45) is 5.73 Å². The van der Waals surface area contributed by atoms with Gasteiger partial charge in [0.2, 0.25) is 5.91 Å². The molecule has 1 atom stereocenters. The molecule has 0 aliphatic carbocycles. The number of carbonyl (C=O) groups excluding carboxylic acids is 1. The van der Waals surface area contributed by atoms with E-state index in [1.54, 1.807) is 4.90 Å². The first-order valence-corrected chi connectivity index (χ1v) is 7.25. The molecule has 0 saturated carbocycles. The third-order valence-electron chi connectivity index (χ3n) is 3.57. The molecule has 110 valence electrons. The van der Waals surface area contributed by atoms with E-state index in [4.69, 9.17) is 5.73 Å². The van der Waals surface area contributed by atoms with Crippen LogP contribution < -0.4 is 5.73 Å². The summed E-state index contributed by atoms with van der Waals surface area (Å²) in [4.78, 5) is 14.0. The molecule has 0 aliphatic rings. The summed E-state index contributed by atoms with van der Waals surface area (Å²) in [5.41, 5.74) is 8.35. The molecule has 3 nitrogen and oxygen atoms in total. The Balaban J connectivity index is 1.84. The Hall–Kier alpha value is -2.13. The molecule has 0 fully saturated rings. The molecule has 3 heteroatoms. The van der Waals surface area contributed by atoms with E-state index >= 15 is 0 Å². The summed E-state index contributed by atoms with van der Waals surface area (Å²) in [6.45, 7) is 0.686. The number of benzene rings is 2. The maximum Gasteiger partial charge on any atom is 0.239 e. The van der Waals surface area contributed by atoms with Crippen LogP contribution in [0.25, 0.3) is 0 Å². The minimum atomic E-state index is -0.479. The van der Waals surface area contributed by atoms with Gasteiger partial charge >= 0.3 is 0 Å². The molecule has 2 aromatic carbocycles. The summed E-state index contributed by atoms with van der Waals surface area (Å²) in [6.07, 6.45) is 1.43. The summed E-state index contributed by atoms with van der Waals surface area (Å²) in [7, 11) is 1.82. The van der Waals surface area contributed by atoms with Gasteiger partial charge in [-0.25, -0.2) is 0 Å². The molecular formula is C18H22N2O. The van der Waals surface area contributed by atoms with Crippen LogP contribution in [0.5, 0.6) is 0 Å². The molecular weight excluding hydrogens is 260 g/mol. The summed E-state index contributed by atoms with van der Waals surface area (Å²) >= 11 is 0. The van der Waals surface area contributed by atoms with E-state index in [0.717, 1.165) is 12.0 Å². The predicted octanol–water partition coefficient (Wildman–Crippen LogP) is 2.26. The molecule has 0 spiro atoms. The van der Waals surface area contributed by atoms with E-state index in [1.165, 1.54) is 5.56 Å². The van der Waals surface area contributed by atoms with Gasteiger partial charge in [-0.3, -0.25) is 4.79 Å². The van der Waals surface area contributed by atoms with Crippen LogP contribution in [0, 0.1) is 0 Å². The van der Waals surface area contributed by atoms with Crippen LogP contribution in [-0.4, -0.2) is 30.4 Å². The fourth-order valence-electron chi connectivity index (χ4n) is 2.29. The Morgan fingerprint density at radius 1 is 1.00 bits per heavy atom. The first-order chi connectivity index (χ1) is 10.2. The smallest absolute Gasteiger partial charge is 0.239 e. The van der Waals surface area contributed by atoms with E-state index in [9.17, 15) is 4.79 Å². The van der Waals surface area contributed by atoms with Gasteiger partial charge in [-0.2, -0.15) is 0 Å². The minimum Gasteiger partial charge on any atom is -0.344 e. The van der Waals surface area contributed by atoms with E-state index < -0.39 is 6.04 Å². The number of hydrogen-bond donors (Lipinski definition) is 1. The summed E-state index contributed by atoms with van der Waals surface area (Å²) < 4.78 is 0. The highest BCUT2D eigenvalue weighted by Crippen LogP contribution is 2.05. The van der Waals surface area contributed by atoms with Gasteiger partial charge in [0.05, 0.1) is 6.04 Å². The molecule has 0 aromatic heterocycles. The van der Waals surface area contributed by atoms with Crippen molar-refractivity contribution in [3.63, 3.8) is 0 Å². The number of rotatable bonds is 6. The van der Waals surface area contributed by atoms with Gasteiger partial charge in [-0.15, -0.1) is 0 Å². The second kappa shape index (κ2) is 7.60. The monoisotopic (exact) mass is 282 g/mol. The predicted molar refractivity (Wildman–Crippen MR) is 85.9 cm³/mol. The summed E-state index contributed by atoms with van der Waals surface area (Å²) in [5, 5.41) is 0. The molecule has 0 radical (unpaired) electrons. The Bertz CT molecular complexity index is 554. The van der Waals surface area contributed by atoms with Crippen molar-refractivity contribution in [3.05, 3.63) is 71.8 Å². The third kappa shape index (κ3) is 4.72. The number of carbonyl (C=O) groups is 1. The zero-order chi connectivity index (χ0) is 15.1. The van der Waals surface area contributed by atoms with Crippen molar-refractivity contribution in [3.8, 4) is 0 Å². The van der Waals surface area contributed by atoms with Crippen LogP contribution in [0.2, 0.25) is 0 Å². The topological polar surface area (TPSA) is 46.3 Å². The second-order valence-corrected chi connectivity index (χ2v) is 5.29. The highest BCUT2D eigenvalue weighted by Gasteiger charge is 2.18. The first-order valence-electron chi connectivity index (χ1n) is 7.25. The molecule has 1 amide bonds. The lowest BCUT2D eigenvalue weighted by Gasteiger charge is -2.21. The average molecular weight is 282 g/mol. The van der Waals surface area contributed by atoms with Gasteiger partial charge in [0, 0.05) is 13.6 Å². The number of nitrogens with two attached hydrogens (primary N) is 1. The summed E-state index contributed by atoms with van der Waals surface area (Å²) in [5.74, 6) is -0.00483. The molecule has 0 unspecified atom stereocenters. The van der Waals surface area contributed by atoms with Gasteiger partial charge in [-0.05, 0) is 24.0 Å². The molecule has 2 rings (SSSR count). The lowest BCUT2D eigenvalue weighted by atomic mass is 10.1. The van der Waals surface area contributed by atoms with E-state index in [1.807, 2.05) is 55.6 Å². The second-order valence-electron chi connectivity index (χ2n) is 5.29.